The number of rotatable bonds is 5. The molecule has 20 heavy (non-hydrogen) atoms. The first kappa shape index (κ1) is 13.3. The Morgan fingerprint density at radius 2 is 2.15 bits per heavy atom. The van der Waals surface area contributed by atoms with Gasteiger partial charge in [0, 0.05) is 38.9 Å². The molecule has 0 spiro atoms. The molecule has 1 saturated heterocycles. The molecule has 0 saturated carbocycles. The molecule has 6 nitrogen and oxygen atoms in total. The third-order valence-corrected chi connectivity index (χ3v) is 3.62. The smallest absolute Gasteiger partial charge is 0.243 e. The van der Waals surface area contributed by atoms with Crippen LogP contribution in [-0.2, 0) is 0 Å². The zero-order valence-corrected chi connectivity index (χ0v) is 12.0. The van der Waals surface area contributed by atoms with Crippen LogP contribution in [0, 0.1) is 6.92 Å². The molecule has 2 aromatic heterocycles. The van der Waals surface area contributed by atoms with Crippen molar-refractivity contribution in [2.75, 3.05) is 44.6 Å². The van der Waals surface area contributed by atoms with E-state index in [0.29, 0.717) is 0 Å². The number of piperazine rings is 1. The minimum absolute atomic E-state index is 0.718. The van der Waals surface area contributed by atoms with Crippen molar-refractivity contribution in [3.05, 3.63) is 23.9 Å². The SMILES string of the molecule is Cc1ccc2nc(NCCCN3CCNCC3)nn2c1. The molecule has 0 unspecified atom stereocenters. The molecule has 0 radical (unpaired) electrons. The van der Waals surface area contributed by atoms with Gasteiger partial charge in [0.1, 0.15) is 0 Å². The normalized spacial score (nSPS) is 16.6. The average Bonchev–Trinajstić information content (AvgIpc) is 2.86. The van der Waals surface area contributed by atoms with E-state index in [1.54, 1.807) is 0 Å². The third kappa shape index (κ3) is 3.26. The summed E-state index contributed by atoms with van der Waals surface area (Å²) in [6.45, 7) is 8.65. The second-order valence-corrected chi connectivity index (χ2v) is 5.32. The average molecular weight is 274 g/mol. The van der Waals surface area contributed by atoms with Crippen molar-refractivity contribution < 1.29 is 0 Å². The van der Waals surface area contributed by atoms with Crippen LogP contribution in [0.2, 0.25) is 0 Å². The van der Waals surface area contributed by atoms with Gasteiger partial charge in [0.2, 0.25) is 5.95 Å². The van der Waals surface area contributed by atoms with Crippen molar-refractivity contribution in [1.29, 1.82) is 0 Å². The van der Waals surface area contributed by atoms with Crippen LogP contribution < -0.4 is 10.6 Å². The lowest BCUT2D eigenvalue weighted by molar-refractivity contribution is 0.240. The minimum atomic E-state index is 0.718. The van der Waals surface area contributed by atoms with Crippen LogP contribution in [0.3, 0.4) is 0 Å². The van der Waals surface area contributed by atoms with E-state index in [0.717, 1.165) is 57.3 Å². The summed E-state index contributed by atoms with van der Waals surface area (Å²) >= 11 is 0. The van der Waals surface area contributed by atoms with Crippen LogP contribution in [-0.4, -0.2) is 58.8 Å². The molecule has 2 N–H and O–H groups in total. The molecular weight excluding hydrogens is 252 g/mol. The van der Waals surface area contributed by atoms with Crippen LogP contribution >= 0.6 is 0 Å². The lowest BCUT2D eigenvalue weighted by Gasteiger charge is -2.26. The number of nitrogens with zero attached hydrogens (tertiary/aromatic N) is 4. The second kappa shape index (κ2) is 6.19. The number of aromatic nitrogens is 3. The van der Waals surface area contributed by atoms with Crippen molar-refractivity contribution in [3.8, 4) is 0 Å². The number of aryl methyl sites for hydroxylation is 1. The molecule has 6 heteroatoms. The summed E-state index contributed by atoms with van der Waals surface area (Å²) < 4.78 is 1.83. The number of hydrogen-bond acceptors (Lipinski definition) is 5. The van der Waals surface area contributed by atoms with Gasteiger partial charge in [0.05, 0.1) is 0 Å². The highest BCUT2D eigenvalue weighted by Gasteiger charge is 2.08. The van der Waals surface area contributed by atoms with Gasteiger partial charge in [0.15, 0.2) is 5.65 Å². The number of anilines is 1. The largest absolute Gasteiger partial charge is 0.353 e. The molecule has 0 bridgehead atoms. The van der Waals surface area contributed by atoms with Gasteiger partial charge in [0.25, 0.3) is 0 Å². The van der Waals surface area contributed by atoms with Gasteiger partial charge >= 0.3 is 0 Å². The van der Waals surface area contributed by atoms with E-state index in [9.17, 15) is 0 Å². The Labute approximate surface area is 119 Å². The molecule has 3 rings (SSSR count). The van der Waals surface area contributed by atoms with Crippen LogP contribution in [0.5, 0.6) is 0 Å². The van der Waals surface area contributed by atoms with Crippen molar-refractivity contribution in [2.24, 2.45) is 0 Å². The third-order valence-electron chi connectivity index (χ3n) is 3.62. The van der Waals surface area contributed by atoms with Gasteiger partial charge in [-0.1, -0.05) is 6.07 Å². The highest BCUT2D eigenvalue weighted by molar-refractivity contribution is 5.43. The lowest BCUT2D eigenvalue weighted by Crippen LogP contribution is -2.44. The summed E-state index contributed by atoms with van der Waals surface area (Å²) in [6.07, 6.45) is 3.11. The van der Waals surface area contributed by atoms with Gasteiger partial charge < -0.3 is 15.5 Å². The Hall–Kier alpha value is -1.66. The summed E-state index contributed by atoms with van der Waals surface area (Å²) in [5.74, 6) is 0.718. The van der Waals surface area contributed by atoms with Crippen molar-refractivity contribution in [2.45, 2.75) is 13.3 Å². The molecule has 0 aromatic carbocycles. The second-order valence-electron chi connectivity index (χ2n) is 5.32. The van der Waals surface area contributed by atoms with Crippen molar-refractivity contribution in [1.82, 2.24) is 24.8 Å². The number of fused-ring (bicyclic) bond motifs is 1. The fourth-order valence-electron chi connectivity index (χ4n) is 2.50. The number of nitrogens with one attached hydrogen (secondary N) is 2. The maximum Gasteiger partial charge on any atom is 0.243 e. The summed E-state index contributed by atoms with van der Waals surface area (Å²) in [7, 11) is 0. The van der Waals surface area contributed by atoms with Crippen molar-refractivity contribution in [3.63, 3.8) is 0 Å². The van der Waals surface area contributed by atoms with E-state index in [2.05, 4.69) is 38.6 Å². The van der Waals surface area contributed by atoms with Crippen LogP contribution in [0.25, 0.3) is 5.65 Å². The van der Waals surface area contributed by atoms with E-state index in [4.69, 9.17) is 0 Å². The highest BCUT2D eigenvalue weighted by atomic mass is 15.3. The molecule has 2 aromatic rings. The van der Waals surface area contributed by atoms with Crippen molar-refractivity contribution >= 4 is 11.6 Å². The molecule has 3 heterocycles. The standard InChI is InChI=1S/C14H22N6/c1-12-3-4-13-17-14(18-20(13)11-12)16-5-2-8-19-9-6-15-7-10-19/h3-4,11,15H,2,5-10H2,1H3,(H,16,18). The highest BCUT2D eigenvalue weighted by Crippen LogP contribution is 2.07. The van der Waals surface area contributed by atoms with Crippen LogP contribution in [0.15, 0.2) is 18.3 Å². The number of pyridine rings is 1. The molecule has 1 aliphatic heterocycles. The molecule has 0 amide bonds. The first-order valence-corrected chi connectivity index (χ1v) is 7.31. The zero-order valence-electron chi connectivity index (χ0n) is 12.0. The Morgan fingerprint density at radius 1 is 1.30 bits per heavy atom. The zero-order chi connectivity index (χ0) is 13.8. The fraction of sp³-hybridized carbons (Fsp3) is 0.571. The molecule has 108 valence electrons. The topological polar surface area (TPSA) is 57.5 Å². The summed E-state index contributed by atoms with van der Waals surface area (Å²) in [5.41, 5.74) is 2.08. The van der Waals surface area contributed by atoms with E-state index in [-0.39, 0.29) is 0 Å². The summed E-state index contributed by atoms with van der Waals surface area (Å²) in [4.78, 5) is 6.95. The van der Waals surface area contributed by atoms with Crippen LogP contribution in [0.1, 0.15) is 12.0 Å². The molecule has 0 aliphatic carbocycles. The minimum Gasteiger partial charge on any atom is -0.353 e. The first-order valence-electron chi connectivity index (χ1n) is 7.31. The first-order chi connectivity index (χ1) is 9.81. The van der Waals surface area contributed by atoms with Gasteiger partial charge in [-0.3, -0.25) is 0 Å². The van der Waals surface area contributed by atoms with E-state index in [1.165, 1.54) is 5.56 Å². The van der Waals surface area contributed by atoms with Gasteiger partial charge in [-0.05, 0) is 31.5 Å². The summed E-state index contributed by atoms with van der Waals surface area (Å²) in [5, 5.41) is 11.1. The van der Waals surface area contributed by atoms with E-state index < -0.39 is 0 Å². The Morgan fingerprint density at radius 3 is 3.00 bits per heavy atom. The summed E-state index contributed by atoms with van der Waals surface area (Å²) in [6, 6.07) is 4.05. The molecular formula is C14H22N6. The maximum absolute atomic E-state index is 4.46. The Bertz CT molecular complexity index is 558. The predicted octanol–water partition coefficient (Wildman–Crippen LogP) is 0.745. The monoisotopic (exact) mass is 274 g/mol. The van der Waals surface area contributed by atoms with E-state index >= 15 is 0 Å². The van der Waals surface area contributed by atoms with Gasteiger partial charge in [-0.25, -0.2) is 4.52 Å². The van der Waals surface area contributed by atoms with Gasteiger partial charge in [-0.2, -0.15) is 4.98 Å². The quantitative estimate of drug-likeness (QED) is 0.788. The molecule has 1 fully saturated rings. The molecule has 0 atom stereocenters. The van der Waals surface area contributed by atoms with Crippen LogP contribution in [0.4, 0.5) is 5.95 Å². The molecule has 1 aliphatic rings. The lowest BCUT2D eigenvalue weighted by atomic mass is 10.3. The van der Waals surface area contributed by atoms with E-state index in [1.807, 2.05) is 16.8 Å². The Kier molecular flexibility index (Phi) is 4.13. The Balaban J connectivity index is 1.47. The maximum atomic E-state index is 4.46. The predicted molar refractivity (Wildman–Crippen MR) is 80.1 cm³/mol. The fourth-order valence-corrected chi connectivity index (χ4v) is 2.50. The van der Waals surface area contributed by atoms with Gasteiger partial charge in [-0.15, -0.1) is 5.10 Å². The number of hydrogen-bond donors (Lipinski definition) is 2.